The Morgan fingerprint density at radius 3 is 2.56 bits per heavy atom. The molecular formula is C4H7NO3Zn. The van der Waals surface area contributed by atoms with E-state index in [9.17, 15) is 8.37 Å². The van der Waals surface area contributed by atoms with Crippen LogP contribution in [0.2, 0.25) is 5.02 Å². The molecule has 0 spiro atoms. The fourth-order valence-corrected chi connectivity index (χ4v) is 5.14. The summed E-state index contributed by atoms with van der Waals surface area (Å²) < 4.78 is 12.0. The topological polar surface area (TPSA) is 57.6 Å². The SMILES string of the molecule is O=C(O)[N]1CC[CH2][Zn]1=[O]. The number of amides is 1. The summed E-state index contributed by atoms with van der Waals surface area (Å²) >= 11 is -2.85. The van der Waals surface area contributed by atoms with Crippen molar-refractivity contribution in [2.75, 3.05) is 6.54 Å². The molecule has 0 aromatic carbocycles. The number of rotatable bonds is 0. The third kappa shape index (κ3) is 1.33. The zero-order chi connectivity index (χ0) is 6.85. The van der Waals surface area contributed by atoms with E-state index in [1.165, 1.54) is 0 Å². The second kappa shape index (κ2) is 2.52. The number of hydrogen-bond acceptors (Lipinski definition) is 2. The predicted octanol–water partition coefficient (Wildman–Crippen LogP) is 0.667. The minimum atomic E-state index is -2.85. The van der Waals surface area contributed by atoms with Crippen molar-refractivity contribution in [1.29, 1.82) is 0 Å². The molecule has 0 saturated carbocycles. The van der Waals surface area contributed by atoms with Crippen LogP contribution in [0, 0.1) is 0 Å². The predicted molar refractivity (Wildman–Crippen MR) is 24.8 cm³/mol. The average molecular weight is 182 g/mol. The van der Waals surface area contributed by atoms with Gasteiger partial charge in [-0.3, -0.25) is 0 Å². The van der Waals surface area contributed by atoms with Gasteiger partial charge < -0.3 is 0 Å². The fraction of sp³-hybridized carbons (Fsp3) is 0.750. The van der Waals surface area contributed by atoms with Crippen LogP contribution in [-0.2, 0) is 19.7 Å². The van der Waals surface area contributed by atoms with E-state index in [1.54, 1.807) is 0 Å². The first-order valence-electron chi connectivity index (χ1n) is 3.07. The standard InChI is InChI=1S/C4H7NO2.O.Zn/c1-2-3-5-4(6)7;;/h1-3H2,(H,6,7);;/q-1;;+1. The number of nitrogens with zero attached hydrogens (tertiary/aromatic N) is 1. The van der Waals surface area contributed by atoms with Crippen molar-refractivity contribution < 1.29 is 29.6 Å². The first-order chi connectivity index (χ1) is 4.22. The van der Waals surface area contributed by atoms with E-state index in [1.807, 2.05) is 0 Å². The van der Waals surface area contributed by atoms with Crippen LogP contribution in [0.3, 0.4) is 0 Å². The van der Waals surface area contributed by atoms with Crippen LogP contribution in [0.4, 0.5) is 4.79 Å². The summed E-state index contributed by atoms with van der Waals surface area (Å²) in [7, 11) is 0. The van der Waals surface area contributed by atoms with Gasteiger partial charge >= 0.3 is 57.3 Å². The molecule has 4 nitrogen and oxygen atoms in total. The van der Waals surface area contributed by atoms with Gasteiger partial charge in [-0.2, -0.15) is 0 Å². The van der Waals surface area contributed by atoms with Gasteiger partial charge in [0.2, 0.25) is 0 Å². The van der Waals surface area contributed by atoms with Crippen LogP contribution in [-0.4, -0.2) is 21.4 Å². The van der Waals surface area contributed by atoms with Crippen molar-refractivity contribution in [2.45, 2.75) is 11.4 Å². The second-order valence-corrected chi connectivity index (χ2v) is 7.73. The maximum atomic E-state index is 10.9. The Morgan fingerprint density at radius 1 is 1.67 bits per heavy atom. The van der Waals surface area contributed by atoms with Crippen molar-refractivity contribution in [3.8, 4) is 0 Å². The van der Waals surface area contributed by atoms with E-state index in [-0.39, 0.29) is 0 Å². The van der Waals surface area contributed by atoms with Crippen LogP contribution in [0.15, 0.2) is 0 Å². The van der Waals surface area contributed by atoms with E-state index in [2.05, 4.69) is 0 Å². The van der Waals surface area contributed by atoms with Crippen LogP contribution in [0.25, 0.3) is 0 Å². The normalized spacial score (nSPS) is 16.7. The Morgan fingerprint density at radius 2 is 2.33 bits per heavy atom. The molecule has 0 aromatic rings. The summed E-state index contributed by atoms with van der Waals surface area (Å²) in [5, 5.41) is 9.03. The van der Waals surface area contributed by atoms with Gasteiger partial charge in [0.15, 0.2) is 0 Å². The molecule has 0 aromatic heterocycles. The van der Waals surface area contributed by atoms with E-state index in [0.717, 1.165) is 10.1 Å². The minimum absolute atomic E-state index is 0.499. The molecule has 5 heteroatoms. The van der Waals surface area contributed by atoms with Gasteiger partial charge in [0.05, 0.1) is 0 Å². The van der Waals surface area contributed by atoms with Crippen molar-refractivity contribution >= 4 is 6.09 Å². The van der Waals surface area contributed by atoms with E-state index < -0.39 is 22.2 Å². The van der Waals surface area contributed by atoms with E-state index in [4.69, 9.17) is 5.11 Å². The first-order valence-corrected chi connectivity index (χ1v) is 7.71. The van der Waals surface area contributed by atoms with Gasteiger partial charge in [0, 0.05) is 0 Å². The Kier molecular flexibility index (Phi) is 1.91. The molecule has 0 atom stereocenters. The number of hydrogen-bond donors (Lipinski definition) is 1. The number of carbonyl (C=O) groups is 1. The van der Waals surface area contributed by atoms with Gasteiger partial charge in [-0.1, -0.05) is 0 Å². The van der Waals surface area contributed by atoms with Gasteiger partial charge in [-0.25, -0.2) is 0 Å². The van der Waals surface area contributed by atoms with Gasteiger partial charge in [0.1, 0.15) is 0 Å². The monoisotopic (exact) mass is 181 g/mol. The number of carboxylic acid groups (broad SMARTS) is 1. The third-order valence-corrected chi connectivity index (χ3v) is 7.01. The third-order valence-electron chi connectivity index (χ3n) is 1.68. The molecule has 1 saturated heterocycles. The van der Waals surface area contributed by atoms with Crippen molar-refractivity contribution in [3.63, 3.8) is 0 Å². The van der Waals surface area contributed by atoms with Crippen LogP contribution >= 0.6 is 0 Å². The van der Waals surface area contributed by atoms with Gasteiger partial charge in [-0.15, -0.1) is 0 Å². The molecule has 1 amide bonds. The molecule has 1 heterocycles. The average Bonchev–Trinajstić information content (AvgIpc) is 2.13. The molecule has 0 aliphatic carbocycles. The molecule has 0 bridgehead atoms. The molecule has 0 radical (unpaired) electrons. The van der Waals surface area contributed by atoms with E-state index >= 15 is 0 Å². The summed E-state index contributed by atoms with van der Waals surface area (Å²) in [6.07, 6.45) is -0.196. The van der Waals surface area contributed by atoms with Crippen LogP contribution < -0.4 is 0 Å². The molecular weight excluding hydrogens is 175 g/mol. The van der Waals surface area contributed by atoms with Crippen molar-refractivity contribution in [3.05, 3.63) is 0 Å². The second-order valence-electron chi connectivity index (χ2n) is 2.31. The molecule has 1 aliphatic heterocycles. The van der Waals surface area contributed by atoms with E-state index in [0.29, 0.717) is 11.6 Å². The van der Waals surface area contributed by atoms with Gasteiger partial charge in [0.25, 0.3) is 0 Å². The summed E-state index contributed by atoms with van der Waals surface area (Å²) in [5.41, 5.74) is 0. The summed E-state index contributed by atoms with van der Waals surface area (Å²) in [4.78, 5) is 10.2. The molecule has 1 rings (SSSR count). The van der Waals surface area contributed by atoms with Crippen molar-refractivity contribution in [1.82, 2.24) is 3.64 Å². The Hall–Kier alpha value is -0.307. The van der Waals surface area contributed by atoms with Gasteiger partial charge in [-0.05, 0) is 0 Å². The Balaban J connectivity index is 2.60. The van der Waals surface area contributed by atoms with Crippen LogP contribution in [0.1, 0.15) is 6.42 Å². The van der Waals surface area contributed by atoms with Crippen molar-refractivity contribution in [2.24, 2.45) is 0 Å². The van der Waals surface area contributed by atoms with Crippen LogP contribution in [0.5, 0.6) is 0 Å². The molecule has 1 aliphatic rings. The Labute approximate surface area is 57.9 Å². The molecule has 0 unspecified atom stereocenters. The zero-order valence-electron chi connectivity index (χ0n) is 5.04. The summed E-state index contributed by atoms with van der Waals surface area (Å²) in [6.45, 7) is 0.499. The Bertz CT molecular complexity index is 158. The quantitative estimate of drug-likeness (QED) is 0.560. The zero-order valence-corrected chi connectivity index (χ0v) is 8.01. The fourth-order valence-electron chi connectivity index (χ4n) is 1.13. The summed E-state index contributed by atoms with van der Waals surface area (Å²) in [5.74, 6) is 0. The first kappa shape index (κ1) is 6.81. The maximum absolute atomic E-state index is 10.9. The molecule has 1 fully saturated rings. The molecule has 9 heavy (non-hydrogen) atoms. The molecule has 1 N–H and O–H groups in total. The summed E-state index contributed by atoms with van der Waals surface area (Å²) in [6, 6.07) is 0. The molecule has 48 valence electrons.